The Morgan fingerprint density at radius 3 is 1.81 bits per heavy atom. The molecule has 2 heterocycles. The third-order valence-corrected chi connectivity index (χ3v) is 4.31. The maximum Gasteiger partial charge on any atom is 0.0109 e. The highest BCUT2D eigenvalue weighted by Gasteiger charge is 2.16. The first kappa shape index (κ1) is 12.4. The molecule has 2 fully saturated rings. The molecule has 2 aliphatic rings. The highest BCUT2D eigenvalue weighted by Crippen LogP contribution is 2.16. The van der Waals surface area contributed by atoms with E-state index in [-0.39, 0.29) is 0 Å². The van der Waals surface area contributed by atoms with Crippen molar-refractivity contribution in [1.29, 1.82) is 0 Å². The van der Waals surface area contributed by atoms with Gasteiger partial charge in [0, 0.05) is 13.1 Å². The number of hydrogen-bond donors (Lipinski definition) is 0. The van der Waals surface area contributed by atoms with Gasteiger partial charge in [-0.05, 0) is 57.8 Å². The molecule has 0 saturated carbocycles. The molecule has 0 bridgehead atoms. The second-order valence-electron chi connectivity index (χ2n) is 5.78. The number of rotatable bonds is 3. The van der Waals surface area contributed by atoms with Crippen molar-refractivity contribution < 1.29 is 0 Å². The van der Waals surface area contributed by atoms with Gasteiger partial charge in [0.2, 0.25) is 0 Å². The molecule has 2 heteroatoms. The zero-order valence-electron chi connectivity index (χ0n) is 11.0. The Morgan fingerprint density at radius 2 is 1.25 bits per heavy atom. The molecular weight excluding hydrogens is 196 g/mol. The van der Waals surface area contributed by atoms with Gasteiger partial charge in [-0.3, -0.25) is 0 Å². The first-order chi connectivity index (χ1) is 7.84. The predicted octanol–water partition coefficient (Wildman–Crippen LogP) is 2.59. The Kier molecular flexibility index (Phi) is 5.11. The van der Waals surface area contributed by atoms with E-state index in [2.05, 4.69) is 16.7 Å². The molecule has 16 heavy (non-hydrogen) atoms. The highest BCUT2D eigenvalue weighted by atomic mass is 15.2. The van der Waals surface area contributed by atoms with Crippen molar-refractivity contribution in [2.24, 2.45) is 5.92 Å². The summed E-state index contributed by atoms with van der Waals surface area (Å²) in [6.45, 7) is 10.4. The summed E-state index contributed by atoms with van der Waals surface area (Å²) in [5, 5.41) is 0. The summed E-state index contributed by atoms with van der Waals surface area (Å²) in [5.74, 6) is 0.967. The van der Waals surface area contributed by atoms with Gasteiger partial charge in [-0.25, -0.2) is 0 Å². The molecule has 0 aliphatic carbocycles. The van der Waals surface area contributed by atoms with Crippen LogP contribution in [-0.2, 0) is 0 Å². The van der Waals surface area contributed by atoms with Crippen LogP contribution in [0.25, 0.3) is 0 Å². The fraction of sp³-hybridized carbons (Fsp3) is 1.00. The van der Waals surface area contributed by atoms with Crippen LogP contribution >= 0.6 is 0 Å². The Morgan fingerprint density at radius 1 is 0.750 bits per heavy atom. The number of likely N-dealkylation sites (tertiary alicyclic amines) is 2. The van der Waals surface area contributed by atoms with Crippen molar-refractivity contribution in [1.82, 2.24) is 9.80 Å². The van der Waals surface area contributed by atoms with Gasteiger partial charge in [0.05, 0.1) is 0 Å². The summed E-state index contributed by atoms with van der Waals surface area (Å²) in [6, 6.07) is 0. The largest absolute Gasteiger partial charge is 0.302 e. The molecule has 2 aliphatic heterocycles. The van der Waals surface area contributed by atoms with Gasteiger partial charge < -0.3 is 9.80 Å². The van der Waals surface area contributed by atoms with E-state index in [4.69, 9.17) is 0 Å². The molecular formula is C14H28N2. The number of piperidine rings is 1. The van der Waals surface area contributed by atoms with Gasteiger partial charge in [0.15, 0.2) is 0 Å². The fourth-order valence-electron chi connectivity index (χ4n) is 2.93. The lowest BCUT2D eigenvalue weighted by atomic mass is 9.99. The van der Waals surface area contributed by atoms with Crippen LogP contribution in [0.3, 0.4) is 0 Å². The van der Waals surface area contributed by atoms with Crippen molar-refractivity contribution >= 4 is 0 Å². The molecule has 0 aromatic rings. The molecule has 0 N–H and O–H groups in total. The van der Waals surface area contributed by atoms with Gasteiger partial charge in [-0.15, -0.1) is 0 Å². The van der Waals surface area contributed by atoms with Crippen LogP contribution in [0.15, 0.2) is 0 Å². The number of nitrogens with zero attached hydrogens (tertiary/aromatic N) is 2. The van der Waals surface area contributed by atoms with Crippen LogP contribution in [0, 0.1) is 5.92 Å². The standard InChI is InChI=1S/C14H28N2/c1-14-6-10-16(11-7-14)13-12-15-8-4-2-3-5-9-15/h14H,2-13H2,1H3. The van der Waals surface area contributed by atoms with Crippen molar-refractivity contribution in [2.45, 2.75) is 45.4 Å². The first-order valence-electron chi connectivity index (χ1n) is 7.29. The summed E-state index contributed by atoms with van der Waals surface area (Å²) >= 11 is 0. The van der Waals surface area contributed by atoms with Crippen molar-refractivity contribution in [2.75, 3.05) is 39.3 Å². The summed E-state index contributed by atoms with van der Waals surface area (Å²) in [5.41, 5.74) is 0. The molecule has 2 saturated heterocycles. The summed E-state index contributed by atoms with van der Waals surface area (Å²) in [4.78, 5) is 5.36. The van der Waals surface area contributed by atoms with E-state index in [1.807, 2.05) is 0 Å². The minimum Gasteiger partial charge on any atom is -0.302 e. The van der Waals surface area contributed by atoms with E-state index in [9.17, 15) is 0 Å². The summed E-state index contributed by atoms with van der Waals surface area (Å²) < 4.78 is 0. The maximum absolute atomic E-state index is 2.69. The van der Waals surface area contributed by atoms with Crippen LogP contribution in [0.5, 0.6) is 0 Å². The Balaban J connectivity index is 1.62. The lowest BCUT2D eigenvalue weighted by Gasteiger charge is -2.32. The second kappa shape index (κ2) is 6.61. The molecule has 0 unspecified atom stereocenters. The van der Waals surface area contributed by atoms with Crippen LogP contribution in [0.1, 0.15) is 45.4 Å². The van der Waals surface area contributed by atoms with Crippen LogP contribution in [0.2, 0.25) is 0 Å². The van der Waals surface area contributed by atoms with Gasteiger partial charge in [0.25, 0.3) is 0 Å². The molecule has 0 aromatic heterocycles. The SMILES string of the molecule is CC1CCN(CCN2CCCCCC2)CC1. The minimum atomic E-state index is 0.967. The Bertz CT molecular complexity index is 177. The molecule has 0 radical (unpaired) electrons. The third-order valence-electron chi connectivity index (χ3n) is 4.31. The van der Waals surface area contributed by atoms with Crippen molar-refractivity contribution in [3.05, 3.63) is 0 Å². The highest BCUT2D eigenvalue weighted by molar-refractivity contribution is 4.71. The maximum atomic E-state index is 2.69. The van der Waals surface area contributed by atoms with Gasteiger partial charge >= 0.3 is 0 Å². The average Bonchev–Trinajstić information content (AvgIpc) is 2.57. The van der Waals surface area contributed by atoms with E-state index in [1.54, 1.807) is 0 Å². The zero-order valence-corrected chi connectivity index (χ0v) is 11.0. The second-order valence-corrected chi connectivity index (χ2v) is 5.78. The fourth-order valence-corrected chi connectivity index (χ4v) is 2.93. The zero-order chi connectivity index (χ0) is 11.2. The molecule has 0 amide bonds. The predicted molar refractivity (Wildman–Crippen MR) is 69.7 cm³/mol. The van der Waals surface area contributed by atoms with Gasteiger partial charge in [0.1, 0.15) is 0 Å². The molecule has 0 aromatic carbocycles. The smallest absolute Gasteiger partial charge is 0.0109 e. The van der Waals surface area contributed by atoms with E-state index in [0.717, 1.165) is 5.92 Å². The molecule has 2 rings (SSSR count). The topological polar surface area (TPSA) is 6.48 Å². The summed E-state index contributed by atoms with van der Waals surface area (Å²) in [7, 11) is 0. The quantitative estimate of drug-likeness (QED) is 0.727. The summed E-state index contributed by atoms with van der Waals surface area (Å²) in [6.07, 6.45) is 8.60. The van der Waals surface area contributed by atoms with E-state index < -0.39 is 0 Å². The molecule has 0 atom stereocenters. The normalized spacial score (nSPS) is 26.8. The van der Waals surface area contributed by atoms with Crippen LogP contribution < -0.4 is 0 Å². The molecule has 94 valence electrons. The monoisotopic (exact) mass is 224 g/mol. The Hall–Kier alpha value is -0.0800. The van der Waals surface area contributed by atoms with Crippen molar-refractivity contribution in [3.8, 4) is 0 Å². The average molecular weight is 224 g/mol. The van der Waals surface area contributed by atoms with E-state index >= 15 is 0 Å². The van der Waals surface area contributed by atoms with Crippen molar-refractivity contribution in [3.63, 3.8) is 0 Å². The first-order valence-corrected chi connectivity index (χ1v) is 7.29. The minimum absolute atomic E-state index is 0.967. The third kappa shape index (κ3) is 4.06. The van der Waals surface area contributed by atoms with E-state index in [0.29, 0.717) is 0 Å². The molecule has 2 nitrogen and oxygen atoms in total. The number of hydrogen-bond acceptors (Lipinski definition) is 2. The van der Waals surface area contributed by atoms with Crippen LogP contribution in [0.4, 0.5) is 0 Å². The lowest BCUT2D eigenvalue weighted by Crippen LogP contribution is -2.39. The van der Waals surface area contributed by atoms with Gasteiger partial charge in [-0.1, -0.05) is 19.8 Å². The lowest BCUT2D eigenvalue weighted by molar-refractivity contribution is 0.162. The van der Waals surface area contributed by atoms with Crippen LogP contribution in [-0.4, -0.2) is 49.1 Å². The molecule has 0 spiro atoms. The Labute approximate surface area is 101 Å². The van der Waals surface area contributed by atoms with Gasteiger partial charge in [-0.2, -0.15) is 0 Å². The van der Waals surface area contributed by atoms with E-state index in [1.165, 1.54) is 77.8 Å².